The molecule has 1 fully saturated rings. The van der Waals surface area contributed by atoms with Crippen LogP contribution in [0, 0.1) is 10.1 Å². The van der Waals surface area contributed by atoms with Gasteiger partial charge in [-0.1, -0.05) is 23.7 Å². The van der Waals surface area contributed by atoms with E-state index >= 15 is 0 Å². The summed E-state index contributed by atoms with van der Waals surface area (Å²) in [6.45, 7) is 2.50. The fourth-order valence-electron chi connectivity index (χ4n) is 2.75. The lowest BCUT2D eigenvalue weighted by Gasteiger charge is -2.35. The molecule has 1 aromatic carbocycles. The summed E-state index contributed by atoms with van der Waals surface area (Å²) in [6.07, 6.45) is 1.61. The maximum Gasteiger partial charge on any atom is 0.287 e. The van der Waals surface area contributed by atoms with E-state index in [1.54, 1.807) is 18.2 Å². The van der Waals surface area contributed by atoms with Crippen LogP contribution in [0.4, 0.5) is 11.5 Å². The molecule has 0 atom stereocenters. The largest absolute Gasteiger partial charge is 0.353 e. The zero-order valence-electron chi connectivity index (χ0n) is 13.5. The van der Waals surface area contributed by atoms with Gasteiger partial charge in [0.2, 0.25) is 5.91 Å². The Hall–Kier alpha value is -2.67. The number of piperazine rings is 1. The van der Waals surface area contributed by atoms with Crippen molar-refractivity contribution >= 4 is 29.0 Å². The number of aromatic nitrogens is 1. The van der Waals surface area contributed by atoms with E-state index in [1.807, 2.05) is 21.9 Å². The number of nitrogens with zero attached hydrogens (tertiary/aromatic N) is 4. The van der Waals surface area contributed by atoms with Gasteiger partial charge in [0, 0.05) is 37.3 Å². The SMILES string of the molecule is O=C(Cc1ccc(Cl)cc1)N1CCN(c2ccc([N+](=O)[O-])cn2)CC1. The predicted molar refractivity (Wildman–Crippen MR) is 94.8 cm³/mol. The number of rotatable bonds is 4. The van der Waals surface area contributed by atoms with Gasteiger partial charge in [-0.3, -0.25) is 14.9 Å². The molecule has 3 rings (SSSR count). The maximum atomic E-state index is 12.4. The Morgan fingerprint density at radius 2 is 1.80 bits per heavy atom. The molecule has 0 spiro atoms. The molecule has 1 saturated heterocycles. The normalized spacial score (nSPS) is 14.4. The van der Waals surface area contributed by atoms with Crippen LogP contribution in [0.2, 0.25) is 5.02 Å². The highest BCUT2D eigenvalue weighted by molar-refractivity contribution is 6.30. The molecule has 1 amide bonds. The molecular formula is C17H17ClN4O3. The molecule has 8 heteroatoms. The van der Waals surface area contributed by atoms with Crippen molar-refractivity contribution in [1.82, 2.24) is 9.88 Å². The molecule has 25 heavy (non-hydrogen) atoms. The topological polar surface area (TPSA) is 79.6 Å². The van der Waals surface area contributed by atoms with Gasteiger partial charge in [0.15, 0.2) is 0 Å². The Bertz CT molecular complexity index is 756. The predicted octanol–water partition coefficient (Wildman–Crippen LogP) is 2.53. The average molecular weight is 361 g/mol. The minimum atomic E-state index is -0.468. The van der Waals surface area contributed by atoms with E-state index in [0.29, 0.717) is 43.4 Å². The number of hydrogen-bond donors (Lipinski definition) is 0. The van der Waals surface area contributed by atoms with Gasteiger partial charge in [0.05, 0.1) is 11.3 Å². The summed E-state index contributed by atoms with van der Waals surface area (Å²) in [5.41, 5.74) is 0.911. The van der Waals surface area contributed by atoms with Gasteiger partial charge < -0.3 is 9.80 Å². The third-order valence-electron chi connectivity index (χ3n) is 4.17. The number of hydrogen-bond acceptors (Lipinski definition) is 5. The molecule has 1 aromatic heterocycles. The highest BCUT2D eigenvalue weighted by Gasteiger charge is 2.22. The fraction of sp³-hybridized carbons (Fsp3) is 0.294. The molecule has 2 heterocycles. The number of benzene rings is 1. The number of anilines is 1. The first-order valence-corrected chi connectivity index (χ1v) is 8.28. The van der Waals surface area contributed by atoms with E-state index in [9.17, 15) is 14.9 Å². The minimum Gasteiger partial charge on any atom is -0.353 e. The van der Waals surface area contributed by atoms with Crippen molar-refractivity contribution in [3.63, 3.8) is 0 Å². The van der Waals surface area contributed by atoms with Crippen LogP contribution in [0.5, 0.6) is 0 Å². The second kappa shape index (κ2) is 7.48. The zero-order chi connectivity index (χ0) is 17.8. The van der Waals surface area contributed by atoms with Crippen molar-refractivity contribution in [2.75, 3.05) is 31.1 Å². The average Bonchev–Trinajstić information content (AvgIpc) is 2.64. The van der Waals surface area contributed by atoms with Crippen LogP contribution in [0.15, 0.2) is 42.6 Å². The van der Waals surface area contributed by atoms with Crippen LogP contribution in [-0.4, -0.2) is 46.9 Å². The summed E-state index contributed by atoms with van der Waals surface area (Å²) >= 11 is 5.85. The van der Waals surface area contributed by atoms with Gasteiger partial charge >= 0.3 is 0 Å². The minimum absolute atomic E-state index is 0.0273. The summed E-state index contributed by atoms with van der Waals surface area (Å²) in [7, 11) is 0. The molecule has 2 aromatic rings. The van der Waals surface area contributed by atoms with E-state index in [0.717, 1.165) is 5.56 Å². The van der Waals surface area contributed by atoms with Crippen LogP contribution in [-0.2, 0) is 11.2 Å². The van der Waals surface area contributed by atoms with E-state index in [-0.39, 0.29) is 11.6 Å². The molecule has 0 radical (unpaired) electrons. The Labute approximate surface area is 150 Å². The lowest BCUT2D eigenvalue weighted by molar-refractivity contribution is -0.385. The van der Waals surface area contributed by atoms with Gasteiger partial charge in [-0.25, -0.2) is 4.98 Å². The lowest BCUT2D eigenvalue weighted by Crippen LogP contribution is -2.49. The highest BCUT2D eigenvalue weighted by atomic mass is 35.5. The molecule has 0 saturated carbocycles. The van der Waals surface area contributed by atoms with E-state index in [2.05, 4.69) is 4.98 Å². The molecule has 1 aliphatic rings. The molecule has 1 aliphatic heterocycles. The molecule has 0 bridgehead atoms. The molecule has 130 valence electrons. The van der Waals surface area contributed by atoms with Gasteiger partial charge in [0.25, 0.3) is 5.69 Å². The Kier molecular flexibility index (Phi) is 5.14. The summed E-state index contributed by atoms with van der Waals surface area (Å²) < 4.78 is 0. The first kappa shape index (κ1) is 17.2. The van der Waals surface area contributed by atoms with Gasteiger partial charge in [-0.15, -0.1) is 0 Å². The number of carbonyl (C=O) groups is 1. The van der Waals surface area contributed by atoms with Gasteiger partial charge in [-0.2, -0.15) is 0 Å². The maximum absolute atomic E-state index is 12.4. The van der Waals surface area contributed by atoms with Crippen LogP contribution in [0.3, 0.4) is 0 Å². The number of amides is 1. The Morgan fingerprint density at radius 1 is 1.12 bits per heavy atom. The second-order valence-corrected chi connectivity index (χ2v) is 6.24. The number of carbonyl (C=O) groups excluding carboxylic acids is 1. The third-order valence-corrected chi connectivity index (χ3v) is 4.42. The van der Waals surface area contributed by atoms with Crippen LogP contribution < -0.4 is 4.90 Å². The standard InChI is InChI=1S/C17H17ClN4O3/c18-14-3-1-13(2-4-14)11-17(23)21-9-7-20(8-10-21)16-6-5-15(12-19-16)22(24)25/h1-6,12H,7-11H2. The van der Waals surface area contributed by atoms with E-state index in [1.165, 1.54) is 12.3 Å². The lowest BCUT2D eigenvalue weighted by atomic mass is 10.1. The van der Waals surface area contributed by atoms with Crippen LogP contribution in [0.1, 0.15) is 5.56 Å². The monoisotopic (exact) mass is 360 g/mol. The fourth-order valence-corrected chi connectivity index (χ4v) is 2.87. The second-order valence-electron chi connectivity index (χ2n) is 5.80. The molecule has 0 aliphatic carbocycles. The first-order valence-electron chi connectivity index (χ1n) is 7.90. The Balaban J connectivity index is 1.55. The number of halogens is 1. The number of pyridine rings is 1. The quantitative estimate of drug-likeness (QED) is 0.618. The van der Waals surface area contributed by atoms with Crippen molar-refractivity contribution in [2.45, 2.75) is 6.42 Å². The van der Waals surface area contributed by atoms with E-state index < -0.39 is 4.92 Å². The van der Waals surface area contributed by atoms with Crippen molar-refractivity contribution < 1.29 is 9.72 Å². The van der Waals surface area contributed by atoms with Gasteiger partial charge in [-0.05, 0) is 23.8 Å². The van der Waals surface area contributed by atoms with Crippen molar-refractivity contribution in [3.05, 3.63) is 63.3 Å². The molecule has 7 nitrogen and oxygen atoms in total. The summed E-state index contributed by atoms with van der Waals surface area (Å²) in [5, 5.41) is 11.3. The van der Waals surface area contributed by atoms with Crippen molar-refractivity contribution in [2.24, 2.45) is 0 Å². The molecular weight excluding hydrogens is 344 g/mol. The smallest absolute Gasteiger partial charge is 0.287 e. The van der Waals surface area contributed by atoms with Crippen LogP contribution in [0.25, 0.3) is 0 Å². The van der Waals surface area contributed by atoms with Crippen molar-refractivity contribution in [3.8, 4) is 0 Å². The highest BCUT2D eigenvalue weighted by Crippen LogP contribution is 2.18. The van der Waals surface area contributed by atoms with Crippen LogP contribution >= 0.6 is 11.6 Å². The summed E-state index contributed by atoms with van der Waals surface area (Å²) in [6, 6.07) is 10.4. The van der Waals surface area contributed by atoms with E-state index in [4.69, 9.17) is 11.6 Å². The Morgan fingerprint density at radius 3 is 2.36 bits per heavy atom. The summed E-state index contributed by atoms with van der Waals surface area (Å²) in [4.78, 5) is 30.6. The number of nitro groups is 1. The first-order chi connectivity index (χ1) is 12.0. The molecule has 0 N–H and O–H groups in total. The van der Waals surface area contributed by atoms with Crippen molar-refractivity contribution in [1.29, 1.82) is 0 Å². The zero-order valence-corrected chi connectivity index (χ0v) is 14.2. The van der Waals surface area contributed by atoms with Gasteiger partial charge in [0.1, 0.15) is 12.0 Å². The summed E-state index contributed by atoms with van der Waals surface area (Å²) in [5.74, 6) is 0.772. The molecule has 0 unspecified atom stereocenters. The third kappa shape index (κ3) is 4.24.